The number of methoxy groups -OCH3 is 1. The van der Waals surface area contributed by atoms with Gasteiger partial charge in [-0.05, 0) is 49.2 Å². The molecule has 0 bridgehead atoms. The van der Waals surface area contributed by atoms with Gasteiger partial charge in [0.15, 0.2) is 0 Å². The summed E-state index contributed by atoms with van der Waals surface area (Å²) in [6.45, 7) is 5.71. The topological polar surface area (TPSA) is 87.7 Å². The summed E-state index contributed by atoms with van der Waals surface area (Å²) >= 11 is 0. The molecule has 0 saturated carbocycles. The molecule has 152 valence electrons. The van der Waals surface area contributed by atoms with Crippen molar-refractivity contribution in [2.45, 2.75) is 27.2 Å². The Morgan fingerprint density at radius 3 is 2.59 bits per heavy atom. The number of hydrogen-bond acceptors (Lipinski definition) is 4. The van der Waals surface area contributed by atoms with Gasteiger partial charge in [-0.3, -0.25) is 14.4 Å². The van der Waals surface area contributed by atoms with E-state index >= 15 is 0 Å². The van der Waals surface area contributed by atoms with Crippen LogP contribution in [0.1, 0.15) is 24.5 Å². The Balaban J connectivity index is 1.77. The second kappa shape index (κ2) is 8.34. The van der Waals surface area contributed by atoms with E-state index in [1.807, 2.05) is 32.0 Å². The van der Waals surface area contributed by atoms with Crippen LogP contribution in [0.15, 0.2) is 36.4 Å². The van der Waals surface area contributed by atoms with E-state index in [2.05, 4.69) is 10.6 Å². The van der Waals surface area contributed by atoms with Crippen molar-refractivity contribution in [2.24, 2.45) is 5.92 Å². The lowest BCUT2D eigenvalue weighted by Crippen LogP contribution is -2.28. The van der Waals surface area contributed by atoms with Crippen molar-refractivity contribution < 1.29 is 19.1 Å². The van der Waals surface area contributed by atoms with Gasteiger partial charge in [-0.15, -0.1) is 0 Å². The molecule has 2 aromatic carbocycles. The number of rotatable bonds is 5. The van der Waals surface area contributed by atoms with Gasteiger partial charge in [0.05, 0.1) is 18.7 Å². The molecule has 1 atom stereocenters. The quantitative estimate of drug-likeness (QED) is 0.813. The molecule has 0 aromatic heterocycles. The fourth-order valence-electron chi connectivity index (χ4n) is 3.47. The van der Waals surface area contributed by atoms with Gasteiger partial charge in [-0.2, -0.15) is 0 Å². The highest BCUT2D eigenvalue weighted by Crippen LogP contribution is 2.32. The van der Waals surface area contributed by atoms with E-state index in [4.69, 9.17) is 4.74 Å². The van der Waals surface area contributed by atoms with E-state index in [0.717, 1.165) is 16.8 Å². The Morgan fingerprint density at radius 1 is 1.14 bits per heavy atom. The Labute approximate surface area is 170 Å². The normalized spacial score (nSPS) is 15.9. The maximum Gasteiger partial charge on any atom is 0.229 e. The molecule has 0 spiro atoms. The molecular formula is C22H25N3O4. The van der Waals surface area contributed by atoms with Crippen molar-refractivity contribution in [3.8, 4) is 5.75 Å². The Morgan fingerprint density at radius 2 is 1.90 bits per heavy atom. The zero-order valence-corrected chi connectivity index (χ0v) is 17.0. The van der Waals surface area contributed by atoms with Crippen LogP contribution in [-0.4, -0.2) is 31.4 Å². The first-order valence-corrected chi connectivity index (χ1v) is 9.43. The summed E-state index contributed by atoms with van der Waals surface area (Å²) in [6.07, 6.45) is 0.146. The molecule has 1 aliphatic rings. The van der Waals surface area contributed by atoms with Crippen LogP contribution in [0.25, 0.3) is 0 Å². The fraction of sp³-hybridized carbons (Fsp3) is 0.318. The van der Waals surface area contributed by atoms with Crippen molar-refractivity contribution in [2.75, 3.05) is 29.2 Å². The molecule has 7 nitrogen and oxygen atoms in total. The van der Waals surface area contributed by atoms with E-state index in [1.54, 1.807) is 23.1 Å². The number of benzene rings is 2. The number of carbonyl (C=O) groups is 3. The van der Waals surface area contributed by atoms with Crippen molar-refractivity contribution >= 4 is 34.8 Å². The third-order valence-electron chi connectivity index (χ3n) is 5.14. The lowest BCUT2D eigenvalue weighted by Gasteiger charge is -2.20. The van der Waals surface area contributed by atoms with E-state index in [-0.39, 0.29) is 24.1 Å². The summed E-state index contributed by atoms with van der Waals surface area (Å²) in [5, 5.41) is 5.52. The Kier molecular flexibility index (Phi) is 5.87. The number of aryl methyl sites for hydroxylation is 1. The number of carbonyl (C=O) groups excluding carboxylic acids is 3. The summed E-state index contributed by atoms with van der Waals surface area (Å²) in [6, 6.07) is 10.8. The van der Waals surface area contributed by atoms with Crippen molar-refractivity contribution in [3.63, 3.8) is 0 Å². The third-order valence-corrected chi connectivity index (χ3v) is 5.14. The summed E-state index contributed by atoms with van der Waals surface area (Å²) in [5.41, 5.74) is 3.97. The summed E-state index contributed by atoms with van der Waals surface area (Å²) in [7, 11) is 1.50. The van der Waals surface area contributed by atoms with E-state index in [1.165, 1.54) is 14.0 Å². The molecule has 1 fully saturated rings. The molecule has 1 unspecified atom stereocenters. The van der Waals surface area contributed by atoms with Crippen LogP contribution >= 0.6 is 0 Å². The number of amides is 3. The van der Waals surface area contributed by atoms with Gasteiger partial charge in [-0.1, -0.05) is 12.1 Å². The maximum atomic E-state index is 12.9. The van der Waals surface area contributed by atoms with Gasteiger partial charge in [0.25, 0.3) is 0 Å². The monoisotopic (exact) mass is 395 g/mol. The zero-order chi connectivity index (χ0) is 21.1. The zero-order valence-electron chi connectivity index (χ0n) is 17.0. The molecule has 1 saturated heterocycles. The number of nitrogens with one attached hydrogen (secondary N) is 2. The van der Waals surface area contributed by atoms with Gasteiger partial charge < -0.3 is 20.3 Å². The third kappa shape index (κ3) is 4.39. The highest BCUT2D eigenvalue weighted by molar-refractivity contribution is 6.04. The number of nitrogens with zero attached hydrogens (tertiary/aromatic N) is 1. The van der Waals surface area contributed by atoms with Crippen LogP contribution in [0.3, 0.4) is 0 Å². The van der Waals surface area contributed by atoms with Crippen LogP contribution < -0.4 is 20.3 Å². The molecule has 2 aromatic rings. The minimum absolute atomic E-state index is 0.0715. The molecule has 7 heteroatoms. The predicted molar refractivity (Wildman–Crippen MR) is 112 cm³/mol. The molecule has 0 aliphatic carbocycles. The van der Waals surface area contributed by atoms with Crippen molar-refractivity contribution in [3.05, 3.63) is 47.5 Å². The van der Waals surface area contributed by atoms with E-state index in [0.29, 0.717) is 23.7 Å². The first kappa shape index (κ1) is 20.4. The molecular weight excluding hydrogens is 370 g/mol. The summed E-state index contributed by atoms with van der Waals surface area (Å²) < 4.78 is 5.30. The lowest BCUT2D eigenvalue weighted by molar-refractivity contribution is -0.122. The Bertz CT molecular complexity index is 971. The average molecular weight is 395 g/mol. The van der Waals surface area contributed by atoms with Crippen molar-refractivity contribution in [1.29, 1.82) is 0 Å². The SMILES string of the molecule is COc1ccc(NC(C)=O)cc1NC(=O)C1CC(=O)N(c2cccc(C)c2C)C1. The molecule has 2 N–H and O–H groups in total. The highest BCUT2D eigenvalue weighted by Gasteiger charge is 2.36. The highest BCUT2D eigenvalue weighted by atomic mass is 16.5. The number of ether oxygens (including phenoxy) is 1. The maximum absolute atomic E-state index is 12.9. The van der Waals surface area contributed by atoms with Crippen molar-refractivity contribution in [1.82, 2.24) is 0 Å². The number of anilines is 3. The molecule has 1 heterocycles. The minimum Gasteiger partial charge on any atom is -0.495 e. The molecule has 3 amide bonds. The van der Waals surface area contributed by atoms with Crippen LogP contribution in [0.5, 0.6) is 5.75 Å². The summed E-state index contributed by atoms with van der Waals surface area (Å²) in [5.74, 6) is -0.542. The molecule has 29 heavy (non-hydrogen) atoms. The fourth-order valence-corrected chi connectivity index (χ4v) is 3.47. The predicted octanol–water partition coefficient (Wildman–Crippen LogP) is 3.26. The second-order valence-electron chi connectivity index (χ2n) is 7.21. The first-order valence-electron chi connectivity index (χ1n) is 9.43. The standard InChI is InChI=1S/C22H25N3O4/c1-13-6-5-7-19(14(13)2)25-12-16(10-21(25)27)22(28)24-18-11-17(23-15(3)26)8-9-20(18)29-4/h5-9,11,16H,10,12H2,1-4H3,(H,23,26)(H,24,28). The molecule has 3 rings (SSSR count). The lowest BCUT2D eigenvalue weighted by atomic mass is 10.1. The van der Waals surface area contributed by atoms with Crippen LogP contribution in [0.2, 0.25) is 0 Å². The Hall–Kier alpha value is -3.35. The average Bonchev–Trinajstić information content (AvgIpc) is 3.05. The molecule has 0 radical (unpaired) electrons. The summed E-state index contributed by atoms with van der Waals surface area (Å²) in [4.78, 5) is 38.4. The first-order chi connectivity index (χ1) is 13.8. The smallest absolute Gasteiger partial charge is 0.229 e. The van der Waals surface area contributed by atoms with Crippen LogP contribution in [0.4, 0.5) is 17.1 Å². The van der Waals surface area contributed by atoms with Gasteiger partial charge in [-0.25, -0.2) is 0 Å². The second-order valence-corrected chi connectivity index (χ2v) is 7.21. The van der Waals surface area contributed by atoms with Gasteiger partial charge >= 0.3 is 0 Å². The van der Waals surface area contributed by atoms with Gasteiger partial charge in [0, 0.05) is 31.3 Å². The van der Waals surface area contributed by atoms with Gasteiger partial charge in [0.1, 0.15) is 5.75 Å². The molecule has 1 aliphatic heterocycles. The van der Waals surface area contributed by atoms with E-state index < -0.39 is 5.92 Å². The minimum atomic E-state index is -0.475. The van der Waals surface area contributed by atoms with E-state index in [9.17, 15) is 14.4 Å². The van der Waals surface area contributed by atoms with Crippen LogP contribution in [0, 0.1) is 19.8 Å². The van der Waals surface area contributed by atoms with Crippen LogP contribution in [-0.2, 0) is 14.4 Å². The number of hydrogen-bond donors (Lipinski definition) is 2. The largest absolute Gasteiger partial charge is 0.495 e. The van der Waals surface area contributed by atoms with Gasteiger partial charge in [0.2, 0.25) is 17.7 Å².